The molecule has 1 aromatic rings. The van der Waals surface area contributed by atoms with Gasteiger partial charge in [0, 0.05) is 6.61 Å². The van der Waals surface area contributed by atoms with Crippen LogP contribution in [0.1, 0.15) is 24.0 Å². The van der Waals surface area contributed by atoms with Crippen molar-refractivity contribution in [2.75, 3.05) is 13.7 Å². The van der Waals surface area contributed by atoms with E-state index in [0.29, 0.717) is 12.8 Å². The molecule has 0 aliphatic carbocycles. The minimum absolute atomic E-state index is 0.0655. The Bertz CT molecular complexity index is 313. The summed E-state index contributed by atoms with van der Waals surface area (Å²) in [6.07, 6.45) is -1.36. The lowest BCUT2D eigenvalue weighted by molar-refractivity contribution is 0.147. The van der Waals surface area contributed by atoms with Crippen LogP contribution in [0, 0.1) is 0 Å². The fraction of sp³-hybridized carbons (Fsp3) is 0.455. The molecule has 0 amide bonds. The number of hydrogen-bond acceptors (Lipinski definition) is 2. The van der Waals surface area contributed by atoms with Gasteiger partial charge in [0.05, 0.1) is 12.7 Å². The van der Waals surface area contributed by atoms with Crippen LogP contribution >= 0.6 is 0 Å². The zero-order valence-electron chi connectivity index (χ0n) is 8.54. The average molecular weight is 216 g/mol. The lowest BCUT2D eigenvalue weighted by Gasteiger charge is -2.09. The minimum Gasteiger partial charge on any atom is -0.496 e. The quantitative estimate of drug-likeness (QED) is 0.819. The maximum atomic E-state index is 12.6. The van der Waals surface area contributed by atoms with Gasteiger partial charge in [0.25, 0.3) is 6.43 Å². The Morgan fingerprint density at radius 2 is 2.13 bits per heavy atom. The maximum Gasteiger partial charge on any atom is 0.267 e. The van der Waals surface area contributed by atoms with Crippen molar-refractivity contribution in [3.63, 3.8) is 0 Å². The fourth-order valence-electron chi connectivity index (χ4n) is 1.39. The molecule has 1 N–H and O–H groups in total. The summed E-state index contributed by atoms with van der Waals surface area (Å²) < 4.78 is 30.0. The molecule has 0 spiro atoms. The predicted molar refractivity (Wildman–Crippen MR) is 53.4 cm³/mol. The van der Waals surface area contributed by atoms with Crippen LogP contribution in [0.2, 0.25) is 0 Å². The Labute approximate surface area is 87.5 Å². The van der Waals surface area contributed by atoms with Crippen LogP contribution in [-0.4, -0.2) is 18.8 Å². The topological polar surface area (TPSA) is 29.5 Å². The monoisotopic (exact) mass is 216 g/mol. The van der Waals surface area contributed by atoms with Crippen molar-refractivity contribution < 1.29 is 18.6 Å². The number of hydrogen-bond donors (Lipinski definition) is 1. The van der Waals surface area contributed by atoms with Crippen molar-refractivity contribution in [3.8, 4) is 5.75 Å². The van der Waals surface area contributed by atoms with E-state index in [9.17, 15) is 8.78 Å². The third-order valence-electron chi connectivity index (χ3n) is 2.15. The second-order valence-electron chi connectivity index (χ2n) is 3.20. The molecule has 0 aliphatic heterocycles. The van der Waals surface area contributed by atoms with Crippen LogP contribution in [0.5, 0.6) is 5.75 Å². The van der Waals surface area contributed by atoms with Gasteiger partial charge in [-0.05, 0) is 30.5 Å². The summed E-state index contributed by atoms with van der Waals surface area (Å²) >= 11 is 0. The van der Waals surface area contributed by atoms with Crippen molar-refractivity contribution in [1.29, 1.82) is 0 Å². The molecule has 0 aliphatic rings. The maximum absolute atomic E-state index is 12.6. The molecule has 15 heavy (non-hydrogen) atoms. The lowest BCUT2D eigenvalue weighted by Crippen LogP contribution is -1.96. The van der Waals surface area contributed by atoms with Crippen molar-refractivity contribution >= 4 is 0 Å². The van der Waals surface area contributed by atoms with E-state index < -0.39 is 6.43 Å². The second-order valence-corrected chi connectivity index (χ2v) is 3.20. The van der Waals surface area contributed by atoms with E-state index in [0.717, 1.165) is 5.56 Å². The smallest absolute Gasteiger partial charge is 0.267 e. The lowest BCUT2D eigenvalue weighted by atomic mass is 10.1. The standard InChI is InChI=1S/C11H14F2O2/c1-15-10-5-4-8(3-2-6-14)7-9(10)11(12)13/h4-5,7,11,14H,2-3,6H2,1H3. The number of alkyl halides is 2. The van der Waals surface area contributed by atoms with Crippen molar-refractivity contribution in [3.05, 3.63) is 29.3 Å². The Morgan fingerprint density at radius 3 is 2.67 bits per heavy atom. The van der Waals surface area contributed by atoms with Crippen molar-refractivity contribution in [2.24, 2.45) is 0 Å². The van der Waals surface area contributed by atoms with Gasteiger partial charge < -0.3 is 9.84 Å². The summed E-state index contributed by atoms with van der Waals surface area (Å²) in [7, 11) is 1.37. The summed E-state index contributed by atoms with van der Waals surface area (Å²) in [5.74, 6) is 0.206. The molecule has 0 aromatic heterocycles. The number of methoxy groups -OCH3 is 1. The highest BCUT2D eigenvalue weighted by Crippen LogP contribution is 2.29. The molecule has 1 aromatic carbocycles. The summed E-state index contributed by atoms with van der Waals surface area (Å²) in [6, 6.07) is 4.70. The molecular formula is C11H14F2O2. The van der Waals surface area contributed by atoms with Gasteiger partial charge in [-0.2, -0.15) is 0 Å². The van der Waals surface area contributed by atoms with Gasteiger partial charge >= 0.3 is 0 Å². The van der Waals surface area contributed by atoms with E-state index in [1.807, 2.05) is 0 Å². The molecule has 0 fully saturated rings. The largest absolute Gasteiger partial charge is 0.496 e. The number of aryl methyl sites for hydroxylation is 1. The Hall–Kier alpha value is -1.16. The van der Waals surface area contributed by atoms with Gasteiger partial charge in [0.1, 0.15) is 5.75 Å². The summed E-state index contributed by atoms with van der Waals surface area (Å²) in [5.41, 5.74) is 0.702. The molecule has 2 nitrogen and oxygen atoms in total. The first-order chi connectivity index (χ1) is 7.19. The van der Waals surface area contributed by atoms with E-state index in [2.05, 4.69) is 0 Å². The number of benzene rings is 1. The highest BCUT2D eigenvalue weighted by atomic mass is 19.3. The molecule has 0 saturated heterocycles. The van der Waals surface area contributed by atoms with Gasteiger partial charge in [-0.3, -0.25) is 0 Å². The molecule has 84 valence electrons. The summed E-state index contributed by atoms with van der Waals surface area (Å²) in [5, 5.41) is 8.63. The summed E-state index contributed by atoms with van der Waals surface area (Å²) in [6.45, 7) is 0.0655. The Balaban J connectivity index is 2.89. The van der Waals surface area contributed by atoms with Crippen LogP contribution in [0.3, 0.4) is 0 Å². The number of aliphatic hydroxyl groups excluding tert-OH is 1. The number of ether oxygens (including phenoxy) is 1. The molecule has 1 rings (SSSR count). The Morgan fingerprint density at radius 1 is 1.40 bits per heavy atom. The van der Waals surface area contributed by atoms with Crippen LogP contribution in [0.25, 0.3) is 0 Å². The normalized spacial score (nSPS) is 10.7. The third-order valence-corrected chi connectivity index (χ3v) is 2.15. The van der Waals surface area contributed by atoms with Crippen LogP contribution in [-0.2, 0) is 6.42 Å². The van der Waals surface area contributed by atoms with Crippen molar-refractivity contribution in [2.45, 2.75) is 19.3 Å². The van der Waals surface area contributed by atoms with E-state index >= 15 is 0 Å². The zero-order valence-corrected chi connectivity index (χ0v) is 8.54. The fourth-order valence-corrected chi connectivity index (χ4v) is 1.39. The van der Waals surface area contributed by atoms with Gasteiger partial charge in [-0.15, -0.1) is 0 Å². The van der Waals surface area contributed by atoms with E-state index in [-0.39, 0.29) is 17.9 Å². The number of halogens is 2. The number of aliphatic hydroxyl groups is 1. The van der Waals surface area contributed by atoms with Gasteiger partial charge in [0.2, 0.25) is 0 Å². The van der Waals surface area contributed by atoms with E-state index in [1.165, 1.54) is 19.2 Å². The second kappa shape index (κ2) is 5.66. The van der Waals surface area contributed by atoms with E-state index in [4.69, 9.17) is 9.84 Å². The number of rotatable bonds is 5. The molecule has 0 heterocycles. The molecule has 4 heteroatoms. The van der Waals surface area contributed by atoms with Crippen LogP contribution < -0.4 is 4.74 Å². The third kappa shape index (κ3) is 3.16. The summed E-state index contributed by atoms with van der Waals surface area (Å²) in [4.78, 5) is 0. The molecule has 0 saturated carbocycles. The van der Waals surface area contributed by atoms with Gasteiger partial charge in [-0.1, -0.05) is 6.07 Å². The molecule has 0 radical (unpaired) electrons. The predicted octanol–water partition coefficient (Wildman–Crippen LogP) is 2.56. The first-order valence-corrected chi connectivity index (χ1v) is 4.75. The minimum atomic E-state index is -2.53. The molecule has 0 unspecified atom stereocenters. The highest BCUT2D eigenvalue weighted by molar-refractivity contribution is 5.38. The van der Waals surface area contributed by atoms with Crippen LogP contribution in [0.4, 0.5) is 8.78 Å². The first kappa shape index (κ1) is 11.9. The first-order valence-electron chi connectivity index (χ1n) is 4.75. The average Bonchev–Trinajstić information content (AvgIpc) is 2.25. The highest BCUT2D eigenvalue weighted by Gasteiger charge is 2.13. The molecule has 0 atom stereocenters. The Kier molecular flexibility index (Phi) is 4.49. The molecular weight excluding hydrogens is 202 g/mol. The zero-order chi connectivity index (χ0) is 11.3. The van der Waals surface area contributed by atoms with Gasteiger partial charge in [-0.25, -0.2) is 8.78 Å². The van der Waals surface area contributed by atoms with Crippen molar-refractivity contribution in [1.82, 2.24) is 0 Å². The van der Waals surface area contributed by atoms with Crippen LogP contribution in [0.15, 0.2) is 18.2 Å². The molecule has 0 bridgehead atoms. The van der Waals surface area contributed by atoms with E-state index in [1.54, 1.807) is 6.07 Å². The SMILES string of the molecule is COc1ccc(CCCO)cc1C(F)F. The van der Waals surface area contributed by atoms with Gasteiger partial charge in [0.15, 0.2) is 0 Å².